The summed E-state index contributed by atoms with van der Waals surface area (Å²) < 4.78 is 0. The Kier molecular flexibility index (Phi) is 6.49. The maximum Gasteiger partial charge on any atom is 1.00 e. The topological polar surface area (TPSA) is 57.2 Å². The third-order valence-corrected chi connectivity index (χ3v) is 13.2. The van der Waals surface area contributed by atoms with E-state index in [0.29, 0.717) is 29.5 Å². The first-order chi connectivity index (χ1) is 15.3. The number of allylic oxidation sites excluding steroid dienone is 1. The van der Waals surface area contributed by atoms with Gasteiger partial charge >= 0.3 is 29.6 Å². The Labute approximate surface area is 229 Å². The average Bonchev–Trinajstić information content (AvgIpc) is 3.13. The van der Waals surface area contributed by atoms with Gasteiger partial charge in [-0.15, -0.1) is 0 Å². The van der Waals surface area contributed by atoms with Crippen LogP contribution in [0.15, 0.2) is 12.2 Å². The van der Waals surface area contributed by atoms with Crippen LogP contribution in [-0.4, -0.2) is 11.8 Å². The molecule has 3 nitrogen and oxygen atoms in total. The van der Waals surface area contributed by atoms with E-state index in [4.69, 9.17) is 0 Å². The van der Waals surface area contributed by atoms with E-state index in [1.165, 1.54) is 18.4 Å². The Hall–Kier alpha value is -0.120. The van der Waals surface area contributed by atoms with Crippen molar-refractivity contribution in [3.63, 3.8) is 0 Å². The molecular formula is C30H45NaO3. The van der Waals surface area contributed by atoms with Crippen LogP contribution in [-0.2, 0) is 9.59 Å². The molecule has 0 aromatic carbocycles. The number of rotatable bonds is 2. The Balaban J connectivity index is 0.00000274. The van der Waals surface area contributed by atoms with E-state index in [9.17, 15) is 14.7 Å². The summed E-state index contributed by atoms with van der Waals surface area (Å²) in [5.74, 6) is 1.64. The number of aliphatic carboxylic acids is 1. The van der Waals surface area contributed by atoms with Crippen molar-refractivity contribution in [2.45, 2.75) is 106 Å². The van der Waals surface area contributed by atoms with E-state index in [1.807, 2.05) is 0 Å². The van der Waals surface area contributed by atoms with Gasteiger partial charge in [0.1, 0.15) is 5.78 Å². The average molecular weight is 477 g/mol. The molecule has 9 atom stereocenters. The van der Waals surface area contributed by atoms with Crippen molar-refractivity contribution in [1.82, 2.24) is 0 Å². The summed E-state index contributed by atoms with van der Waals surface area (Å²) in [6.45, 7) is 18.4. The summed E-state index contributed by atoms with van der Waals surface area (Å²) in [5.41, 5.74) is 0.819. The van der Waals surface area contributed by atoms with Crippen LogP contribution in [0.5, 0.6) is 0 Å². The summed E-state index contributed by atoms with van der Waals surface area (Å²) >= 11 is 0. The third-order valence-electron chi connectivity index (χ3n) is 13.2. The quantitative estimate of drug-likeness (QED) is 0.455. The zero-order valence-corrected chi connectivity index (χ0v) is 24.9. The summed E-state index contributed by atoms with van der Waals surface area (Å²) in [6, 6.07) is 0. The van der Waals surface area contributed by atoms with Crippen LogP contribution in [0.4, 0.5) is 0 Å². The fourth-order valence-electron chi connectivity index (χ4n) is 11.3. The number of carboxylic acids is 1. The molecule has 5 rings (SSSR count). The molecule has 0 heterocycles. The van der Waals surface area contributed by atoms with Gasteiger partial charge in [0.15, 0.2) is 0 Å². The van der Waals surface area contributed by atoms with Gasteiger partial charge in [-0.2, -0.15) is 0 Å². The zero-order valence-electron chi connectivity index (χ0n) is 22.9. The van der Waals surface area contributed by atoms with Gasteiger partial charge < -0.3 is 9.90 Å². The molecule has 0 spiro atoms. The first-order valence-electron chi connectivity index (χ1n) is 13.7. The van der Waals surface area contributed by atoms with Crippen molar-refractivity contribution < 1.29 is 44.3 Å². The Morgan fingerprint density at radius 3 is 2.18 bits per heavy atom. The molecule has 0 radical (unpaired) electrons. The van der Waals surface area contributed by atoms with Crippen LogP contribution < -0.4 is 34.7 Å². The van der Waals surface area contributed by atoms with Crippen molar-refractivity contribution in [3.05, 3.63) is 12.2 Å². The standard InChI is InChI=1S/C30H46O3.Na/c1-18(2)19-10-15-30(25(32)33)17-16-28(6)20(24(19)30)8-9-22-27(5)13-12-23(31)26(3,4)21(27)11-14-29(22,28)7;/h19-22,24H,1,8-17H2,2-7H3,(H,32,33);/q;+1/p-1/t19-,20?,21?,22?,24?,27-,28+,29+,30?;/m0./s1. The summed E-state index contributed by atoms with van der Waals surface area (Å²) in [5, 5.41) is 12.6. The number of carbonyl (C=O) groups excluding carboxylic acids is 2. The summed E-state index contributed by atoms with van der Waals surface area (Å²) in [6.07, 6.45) is 9.84. The van der Waals surface area contributed by atoms with Crippen LogP contribution in [0.3, 0.4) is 0 Å². The predicted octanol–water partition coefficient (Wildman–Crippen LogP) is 2.97. The molecule has 0 aromatic heterocycles. The SMILES string of the molecule is C=C(C)[C@@H]1CCC2(C(=O)[O-])CC[C@]3(C)C(CCC4[C@@]5(C)CCC(=O)C(C)(C)C5CC[C@]43C)C12.[Na+]. The molecule has 0 aromatic rings. The minimum atomic E-state index is -0.797. The van der Waals surface area contributed by atoms with Crippen LogP contribution in [0.2, 0.25) is 0 Å². The van der Waals surface area contributed by atoms with Crippen molar-refractivity contribution in [2.24, 2.45) is 56.7 Å². The fraction of sp³-hybridized carbons (Fsp3) is 0.867. The van der Waals surface area contributed by atoms with Gasteiger partial charge in [0.2, 0.25) is 0 Å². The number of hydrogen-bond acceptors (Lipinski definition) is 3. The molecule has 5 unspecified atom stereocenters. The normalized spacial score (nSPS) is 51.2. The monoisotopic (exact) mass is 476 g/mol. The smallest absolute Gasteiger partial charge is 0.550 e. The number of carboxylic acid groups (broad SMARTS) is 1. The van der Waals surface area contributed by atoms with Crippen LogP contribution in [0.25, 0.3) is 0 Å². The van der Waals surface area contributed by atoms with E-state index in [-0.39, 0.29) is 57.1 Å². The second kappa shape index (κ2) is 8.19. The molecule has 0 aliphatic heterocycles. The van der Waals surface area contributed by atoms with Gasteiger partial charge in [0, 0.05) is 23.2 Å². The molecule has 184 valence electrons. The van der Waals surface area contributed by atoms with Gasteiger partial charge in [0.05, 0.1) is 0 Å². The number of hydrogen-bond donors (Lipinski definition) is 0. The number of carbonyl (C=O) groups is 2. The summed E-state index contributed by atoms with van der Waals surface area (Å²) in [7, 11) is 0. The predicted molar refractivity (Wildman–Crippen MR) is 129 cm³/mol. The van der Waals surface area contributed by atoms with E-state index >= 15 is 0 Å². The molecule has 0 saturated heterocycles. The molecule has 5 aliphatic carbocycles. The van der Waals surface area contributed by atoms with Crippen molar-refractivity contribution in [3.8, 4) is 0 Å². The maximum atomic E-state index is 12.9. The van der Waals surface area contributed by atoms with Crippen LogP contribution >= 0.6 is 0 Å². The second-order valence-electron chi connectivity index (χ2n) is 14.3. The molecule has 5 saturated carbocycles. The van der Waals surface area contributed by atoms with E-state index in [1.54, 1.807) is 0 Å². The number of fused-ring (bicyclic) bond motifs is 7. The summed E-state index contributed by atoms with van der Waals surface area (Å²) in [4.78, 5) is 25.5. The zero-order chi connectivity index (χ0) is 24.2. The molecule has 0 N–H and O–H groups in total. The van der Waals surface area contributed by atoms with Gasteiger partial charge in [-0.1, -0.05) is 46.8 Å². The number of Topliss-reactive ketones (excluding diaryl/α,β-unsaturated/α-hetero) is 1. The molecule has 5 fully saturated rings. The molecule has 34 heavy (non-hydrogen) atoms. The first-order valence-corrected chi connectivity index (χ1v) is 13.7. The third kappa shape index (κ3) is 3.11. The Bertz CT molecular complexity index is 909. The fourth-order valence-corrected chi connectivity index (χ4v) is 11.3. The first kappa shape index (κ1) is 26.9. The van der Waals surface area contributed by atoms with Crippen LogP contribution in [0, 0.1) is 56.7 Å². The van der Waals surface area contributed by atoms with Crippen LogP contribution in [0.1, 0.15) is 106 Å². The minimum Gasteiger partial charge on any atom is -0.550 e. The van der Waals surface area contributed by atoms with E-state index in [0.717, 1.165) is 51.4 Å². The van der Waals surface area contributed by atoms with E-state index in [2.05, 4.69) is 48.1 Å². The largest absolute Gasteiger partial charge is 1.00 e. The molecule has 4 heteroatoms. The van der Waals surface area contributed by atoms with E-state index < -0.39 is 11.4 Å². The molecule has 0 amide bonds. The second-order valence-corrected chi connectivity index (χ2v) is 14.3. The van der Waals surface area contributed by atoms with Gasteiger partial charge in [-0.3, -0.25) is 4.79 Å². The van der Waals surface area contributed by atoms with Crippen molar-refractivity contribution in [2.75, 3.05) is 0 Å². The molecule has 0 bridgehead atoms. The van der Waals surface area contributed by atoms with Gasteiger partial charge in [0.25, 0.3) is 0 Å². The van der Waals surface area contributed by atoms with Crippen molar-refractivity contribution in [1.29, 1.82) is 0 Å². The maximum absolute atomic E-state index is 12.9. The Morgan fingerprint density at radius 2 is 1.56 bits per heavy atom. The van der Waals surface area contributed by atoms with Crippen molar-refractivity contribution >= 4 is 11.8 Å². The number of ketones is 1. The molecule has 5 aliphatic rings. The minimum absolute atomic E-state index is 0. The van der Waals surface area contributed by atoms with Gasteiger partial charge in [-0.05, 0) is 111 Å². The molecular weight excluding hydrogens is 431 g/mol. The van der Waals surface area contributed by atoms with Gasteiger partial charge in [-0.25, -0.2) is 0 Å². The Morgan fingerprint density at radius 1 is 0.882 bits per heavy atom.